The van der Waals surface area contributed by atoms with Crippen LogP contribution in [0.15, 0.2) is 24.4 Å². The predicted molar refractivity (Wildman–Crippen MR) is 73.4 cm³/mol. The van der Waals surface area contributed by atoms with Crippen molar-refractivity contribution in [1.82, 2.24) is 20.3 Å². The molecule has 0 aliphatic carbocycles. The van der Waals surface area contributed by atoms with Gasteiger partial charge in [0.15, 0.2) is 11.6 Å². The van der Waals surface area contributed by atoms with Gasteiger partial charge in [0.2, 0.25) is 5.91 Å². The molecule has 3 N–H and O–H groups in total. The Morgan fingerprint density at radius 3 is 3.00 bits per heavy atom. The molecule has 8 heteroatoms. The maximum Gasteiger partial charge on any atom is 0.234 e. The zero-order chi connectivity index (χ0) is 15.2. The highest BCUT2D eigenvalue weighted by atomic mass is 19.1. The summed E-state index contributed by atoms with van der Waals surface area (Å²) in [4.78, 5) is 11.1. The summed E-state index contributed by atoms with van der Waals surface area (Å²) in [6.07, 6.45) is 1.60. The van der Waals surface area contributed by atoms with E-state index in [0.29, 0.717) is 18.0 Å². The lowest BCUT2D eigenvalue weighted by Crippen LogP contribution is -2.29. The van der Waals surface area contributed by atoms with E-state index >= 15 is 0 Å². The van der Waals surface area contributed by atoms with Crippen LogP contribution in [0.4, 0.5) is 4.39 Å². The van der Waals surface area contributed by atoms with Gasteiger partial charge < -0.3 is 15.8 Å². The molecule has 0 aliphatic heterocycles. The molecule has 2 aromatic rings. The maximum absolute atomic E-state index is 13.8. The van der Waals surface area contributed by atoms with E-state index in [1.807, 2.05) is 0 Å². The van der Waals surface area contributed by atoms with Crippen LogP contribution >= 0.6 is 0 Å². The molecule has 0 radical (unpaired) electrons. The number of nitrogens with one attached hydrogen (secondary N) is 1. The Morgan fingerprint density at radius 1 is 1.52 bits per heavy atom. The fourth-order valence-electron chi connectivity index (χ4n) is 1.67. The highest BCUT2D eigenvalue weighted by Crippen LogP contribution is 2.20. The fraction of sp³-hybridized carbons (Fsp3) is 0.308. The highest BCUT2D eigenvalue weighted by Gasteiger charge is 2.08. The number of benzene rings is 1. The second-order valence-electron chi connectivity index (χ2n) is 4.18. The Hall–Kier alpha value is -2.48. The highest BCUT2D eigenvalue weighted by molar-refractivity contribution is 5.77. The molecule has 0 aliphatic rings. The number of aromatic nitrogens is 3. The Bertz CT molecular complexity index is 629. The lowest BCUT2D eigenvalue weighted by molar-refractivity contribution is -0.119. The van der Waals surface area contributed by atoms with E-state index in [1.165, 1.54) is 16.8 Å². The molecule has 112 valence electrons. The van der Waals surface area contributed by atoms with E-state index in [1.54, 1.807) is 19.2 Å². The summed E-state index contributed by atoms with van der Waals surface area (Å²) in [5, 5.41) is 10.4. The van der Waals surface area contributed by atoms with Gasteiger partial charge in [-0.05, 0) is 19.1 Å². The van der Waals surface area contributed by atoms with Crippen molar-refractivity contribution in [3.63, 3.8) is 0 Å². The van der Waals surface area contributed by atoms with Crippen LogP contribution in [0.2, 0.25) is 0 Å². The number of carbonyl (C=O) groups is 1. The van der Waals surface area contributed by atoms with Crippen LogP contribution in [-0.2, 0) is 11.3 Å². The average molecular weight is 293 g/mol. The summed E-state index contributed by atoms with van der Waals surface area (Å²) in [6.45, 7) is 2.31. The third-order valence-electron chi connectivity index (χ3n) is 2.67. The molecule has 0 unspecified atom stereocenters. The minimum absolute atomic E-state index is 0.0851. The van der Waals surface area contributed by atoms with Gasteiger partial charge in [-0.3, -0.25) is 4.79 Å². The molecule has 0 saturated carbocycles. The van der Waals surface area contributed by atoms with E-state index in [0.717, 1.165) is 0 Å². The molecular formula is C13H16FN5O2. The van der Waals surface area contributed by atoms with Crippen LogP contribution in [0.25, 0.3) is 5.69 Å². The van der Waals surface area contributed by atoms with E-state index in [9.17, 15) is 9.18 Å². The van der Waals surface area contributed by atoms with Gasteiger partial charge in [-0.25, -0.2) is 9.07 Å². The fourth-order valence-corrected chi connectivity index (χ4v) is 1.67. The standard InChI is InChI=1S/C13H16FN5O2/c1-2-21-12-4-3-10(5-11(12)14)19-8-9(17-18-19)7-16-13(20)6-15/h3-5,8H,2,6-7,15H2,1H3,(H,16,20). The van der Waals surface area contributed by atoms with Crippen molar-refractivity contribution in [2.24, 2.45) is 5.73 Å². The molecule has 2 rings (SSSR count). The number of carbonyl (C=O) groups excluding carboxylic acids is 1. The van der Waals surface area contributed by atoms with Gasteiger partial charge in [0.1, 0.15) is 5.69 Å². The zero-order valence-electron chi connectivity index (χ0n) is 11.5. The number of hydrogen-bond donors (Lipinski definition) is 2. The molecular weight excluding hydrogens is 277 g/mol. The van der Waals surface area contributed by atoms with Gasteiger partial charge in [-0.1, -0.05) is 5.21 Å². The van der Waals surface area contributed by atoms with Gasteiger partial charge in [0.25, 0.3) is 0 Å². The van der Waals surface area contributed by atoms with E-state index in [4.69, 9.17) is 10.5 Å². The van der Waals surface area contributed by atoms with Crippen molar-refractivity contribution in [3.05, 3.63) is 35.9 Å². The average Bonchev–Trinajstić information content (AvgIpc) is 2.96. The minimum atomic E-state index is -0.470. The van der Waals surface area contributed by atoms with Gasteiger partial charge in [-0.15, -0.1) is 5.10 Å². The van der Waals surface area contributed by atoms with Gasteiger partial charge in [0, 0.05) is 6.07 Å². The number of rotatable bonds is 6. The van der Waals surface area contributed by atoms with Crippen molar-refractivity contribution in [2.45, 2.75) is 13.5 Å². The van der Waals surface area contributed by atoms with E-state index in [-0.39, 0.29) is 24.7 Å². The van der Waals surface area contributed by atoms with Crippen LogP contribution in [0, 0.1) is 5.82 Å². The number of nitrogens with two attached hydrogens (primary N) is 1. The summed E-state index contributed by atoms with van der Waals surface area (Å²) in [5.41, 5.74) is 6.24. The minimum Gasteiger partial charge on any atom is -0.491 e. The topological polar surface area (TPSA) is 95.1 Å². The molecule has 0 spiro atoms. The monoisotopic (exact) mass is 293 g/mol. The Morgan fingerprint density at radius 2 is 2.33 bits per heavy atom. The first-order valence-corrected chi connectivity index (χ1v) is 6.44. The normalized spacial score (nSPS) is 10.4. The zero-order valence-corrected chi connectivity index (χ0v) is 11.5. The Labute approximate surface area is 120 Å². The SMILES string of the molecule is CCOc1ccc(-n2cc(CNC(=O)CN)nn2)cc1F. The van der Waals surface area contributed by atoms with E-state index in [2.05, 4.69) is 15.6 Å². The molecule has 0 fully saturated rings. The van der Waals surface area contributed by atoms with E-state index < -0.39 is 5.82 Å². The number of ether oxygens (including phenoxy) is 1. The molecule has 1 amide bonds. The second kappa shape index (κ2) is 6.80. The van der Waals surface area contributed by atoms with Gasteiger partial charge in [0.05, 0.1) is 31.6 Å². The first-order chi connectivity index (χ1) is 10.1. The van der Waals surface area contributed by atoms with Crippen molar-refractivity contribution >= 4 is 5.91 Å². The largest absolute Gasteiger partial charge is 0.491 e. The van der Waals surface area contributed by atoms with Crippen molar-refractivity contribution in [3.8, 4) is 11.4 Å². The molecule has 1 heterocycles. The van der Waals surface area contributed by atoms with Crippen LogP contribution in [0.3, 0.4) is 0 Å². The summed E-state index contributed by atoms with van der Waals surface area (Å²) in [5.74, 6) is -0.559. The molecule has 1 aromatic carbocycles. The summed E-state index contributed by atoms with van der Waals surface area (Å²) >= 11 is 0. The number of halogens is 1. The van der Waals surface area contributed by atoms with Crippen molar-refractivity contribution in [2.75, 3.05) is 13.2 Å². The number of nitrogens with zero attached hydrogens (tertiary/aromatic N) is 3. The van der Waals surface area contributed by atoms with Crippen LogP contribution in [0.5, 0.6) is 5.75 Å². The summed E-state index contributed by atoms with van der Waals surface area (Å²) < 4.78 is 20.3. The molecule has 1 aromatic heterocycles. The Kier molecular flexibility index (Phi) is 4.83. The molecule has 0 saturated heterocycles. The van der Waals surface area contributed by atoms with Crippen LogP contribution in [0.1, 0.15) is 12.6 Å². The van der Waals surface area contributed by atoms with Crippen LogP contribution in [-0.4, -0.2) is 34.1 Å². The maximum atomic E-state index is 13.8. The lowest BCUT2D eigenvalue weighted by Gasteiger charge is -2.06. The summed E-state index contributed by atoms with van der Waals surface area (Å²) in [7, 11) is 0. The summed E-state index contributed by atoms with van der Waals surface area (Å²) in [6, 6.07) is 4.51. The number of hydrogen-bond acceptors (Lipinski definition) is 5. The molecule has 7 nitrogen and oxygen atoms in total. The van der Waals surface area contributed by atoms with Gasteiger partial charge >= 0.3 is 0 Å². The van der Waals surface area contributed by atoms with Crippen molar-refractivity contribution in [1.29, 1.82) is 0 Å². The molecule has 21 heavy (non-hydrogen) atoms. The predicted octanol–water partition coefficient (Wildman–Crippen LogP) is 0.380. The first kappa shape index (κ1) is 14.9. The van der Waals surface area contributed by atoms with Crippen LogP contribution < -0.4 is 15.8 Å². The molecule has 0 atom stereocenters. The quantitative estimate of drug-likeness (QED) is 0.803. The molecule has 0 bridgehead atoms. The number of amides is 1. The van der Waals surface area contributed by atoms with Gasteiger partial charge in [-0.2, -0.15) is 0 Å². The first-order valence-electron chi connectivity index (χ1n) is 6.44. The second-order valence-corrected chi connectivity index (χ2v) is 4.18. The third kappa shape index (κ3) is 3.76. The van der Waals surface area contributed by atoms with Crippen molar-refractivity contribution < 1.29 is 13.9 Å². The smallest absolute Gasteiger partial charge is 0.234 e. The Balaban J connectivity index is 2.10. The lowest BCUT2D eigenvalue weighted by atomic mass is 10.3. The third-order valence-corrected chi connectivity index (χ3v) is 2.67.